The lowest BCUT2D eigenvalue weighted by Gasteiger charge is -2.36. The Morgan fingerprint density at radius 1 is 0.853 bits per heavy atom. The minimum atomic E-state index is -0.0956. The summed E-state index contributed by atoms with van der Waals surface area (Å²) in [6.45, 7) is 4.00. The molecule has 1 N–H and O–H groups in total. The van der Waals surface area contributed by atoms with Crippen molar-refractivity contribution in [1.82, 2.24) is 10.2 Å². The van der Waals surface area contributed by atoms with Gasteiger partial charge in [0.2, 0.25) is 5.75 Å². The quantitative estimate of drug-likeness (QED) is 0.466. The highest BCUT2D eigenvalue weighted by atomic mass is 35.5. The third-order valence-electron chi connectivity index (χ3n) is 6.03. The number of nitrogens with one attached hydrogen (secondary N) is 1. The Balaban J connectivity index is 1.77. The topological polar surface area (TPSA) is 52.2 Å². The lowest BCUT2D eigenvalue weighted by Crippen LogP contribution is -2.45. The normalized spacial score (nSPS) is 14.9. The van der Waals surface area contributed by atoms with Crippen molar-refractivity contribution in [1.29, 1.82) is 0 Å². The van der Waals surface area contributed by atoms with Crippen molar-refractivity contribution in [2.75, 3.05) is 47.5 Å². The van der Waals surface area contributed by atoms with Crippen LogP contribution in [0.3, 0.4) is 0 Å². The second-order valence-electron chi connectivity index (χ2n) is 8.10. The lowest BCUT2D eigenvalue weighted by atomic mass is 9.94. The number of hydrogen-bond donors (Lipinski definition) is 1. The van der Waals surface area contributed by atoms with Gasteiger partial charge in [-0.15, -0.1) is 0 Å². The van der Waals surface area contributed by atoms with E-state index < -0.39 is 0 Å². The van der Waals surface area contributed by atoms with E-state index in [9.17, 15) is 0 Å². The SMILES string of the molecule is COc1ccc(Cl)cc1C(c1cc(OC)c(OCc2ccccc2)c(OC)c1)N1CCNCC1. The third-order valence-corrected chi connectivity index (χ3v) is 6.26. The van der Waals surface area contributed by atoms with E-state index in [1.807, 2.05) is 60.7 Å². The van der Waals surface area contributed by atoms with Crippen LogP contribution in [-0.2, 0) is 6.61 Å². The highest BCUT2D eigenvalue weighted by molar-refractivity contribution is 6.30. The van der Waals surface area contributed by atoms with Gasteiger partial charge < -0.3 is 24.3 Å². The standard InChI is InChI=1S/C27H31ClN2O4/c1-31-23-10-9-21(28)17-22(23)26(30-13-11-29-12-14-30)20-15-24(32-2)27(25(16-20)33-3)34-18-19-7-5-4-6-8-19/h4-10,15-17,26,29H,11-14,18H2,1-3H3. The van der Waals surface area contributed by atoms with Crippen LogP contribution >= 0.6 is 11.6 Å². The van der Waals surface area contributed by atoms with E-state index in [-0.39, 0.29) is 6.04 Å². The van der Waals surface area contributed by atoms with Crippen LogP contribution in [0.5, 0.6) is 23.0 Å². The highest BCUT2D eigenvalue weighted by Crippen LogP contribution is 2.44. The summed E-state index contributed by atoms with van der Waals surface area (Å²) in [5, 5.41) is 4.10. The Morgan fingerprint density at radius 2 is 1.50 bits per heavy atom. The van der Waals surface area contributed by atoms with Crippen LogP contribution in [-0.4, -0.2) is 52.4 Å². The number of methoxy groups -OCH3 is 3. The Hall–Kier alpha value is -2.93. The first-order chi connectivity index (χ1) is 16.6. The van der Waals surface area contributed by atoms with Gasteiger partial charge in [-0.2, -0.15) is 0 Å². The number of ether oxygens (including phenoxy) is 4. The molecule has 1 aliphatic heterocycles. The van der Waals surface area contributed by atoms with Crippen LogP contribution in [0.25, 0.3) is 0 Å². The fourth-order valence-electron chi connectivity index (χ4n) is 4.38. The van der Waals surface area contributed by atoms with Gasteiger partial charge in [0.05, 0.1) is 27.4 Å². The molecule has 0 amide bonds. The molecular weight excluding hydrogens is 452 g/mol. The fourth-order valence-corrected chi connectivity index (χ4v) is 4.56. The van der Waals surface area contributed by atoms with Gasteiger partial charge >= 0.3 is 0 Å². The second kappa shape index (κ2) is 11.5. The molecule has 0 radical (unpaired) electrons. The number of halogens is 1. The molecule has 7 heteroatoms. The van der Waals surface area contributed by atoms with Gasteiger partial charge in [-0.05, 0) is 41.5 Å². The molecule has 1 heterocycles. The summed E-state index contributed by atoms with van der Waals surface area (Å²) in [6, 6.07) is 19.7. The van der Waals surface area contributed by atoms with Crippen LogP contribution < -0.4 is 24.3 Å². The smallest absolute Gasteiger partial charge is 0.203 e. The van der Waals surface area contributed by atoms with Gasteiger partial charge in [0.1, 0.15) is 12.4 Å². The monoisotopic (exact) mass is 482 g/mol. The Bertz CT molecular complexity index is 1060. The van der Waals surface area contributed by atoms with E-state index in [4.69, 9.17) is 30.5 Å². The summed E-state index contributed by atoms with van der Waals surface area (Å²) >= 11 is 6.43. The highest BCUT2D eigenvalue weighted by Gasteiger charge is 2.29. The molecule has 1 saturated heterocycles. The molecular formula is C27H31ClN2O4. The third kappa shape index (κ3) is 5.41. The first kappa shape index (κ1) is 24.2. The first-order valence-electron chi connectivity index (χ1n) is 11.4. The summed E-state index contributed by atoms with van der Waals surface area (Å²) < 4.78 is 23.5. The molecule has 180 valence electrons. The van der Waals surface area contributed by atoms with Crippen LogP contribution in [0.4, 0.5) is 0 Å². The van der Waals surface area contributed by atoms with Crippen LogP contribution in [0.15, 0.2) is 60.7 Å². The van der Waals surface area contributed by atoms with Gasteiger partial charge in [0.25, 0.3) is 0 Å². The Kier molecular flexibility index (Phi) is 8.16. The lowest BCUT2D eigenvalue weighted by molar-refractivity contribution is 0.194. The van der Waals surface area contributed by atoms with Crippen molar-refractivity contribution in [2.24, 2.45) is 0 Å². The number of piperazine rings is 1. The van der Waals surface area contributed by atoms with Crippen molar-refractivity contribution in [3.63, 3.8) is 0 Å². The Morgan fingerprint density at radius 3 is 2.12 bits per heavy atom. The summed E-state index contributed by atoms with van der Waals surface area (Å²) in [5.41, 5.74) is 3.08. The molecule has 34 heavy (non-hydrogen) atoms. The predicted molar refractivity (Wildman–Crippen MR) is 135 cm³/mol. The predicted octanol–water partition coefficient (Wildman–Crippen LogP) is 4.94. The van der Waals surface area contributed by atoms with E-state index in [2.05, 4.69) is 10.2 Å². The number of benzene rings is 3. The van der Waals surface area contributed by atoms with Crippen LogP contribution in [0.2, 0.25) is 5.02 Å². The zero-order chi connectivity index (χ0) is 23.9. The fraction of sp³-hybridized carbons (Fsp3) is 0.333. The molecule has 1 unspecified atom stereocenters. The van der Waals surface area contributed by atoms with E-state index >= 15 is 0 Å². The van der Waals surface area contributed by atoms with Gasteiger partial charge in [0, 0.05) is 36.8 Å². The van der Waals surface area contributed by atoms with Crippen LogP contribution in [0.1, 0.15) is 22.7 Å². The van der Waals surface area contributed by atoms with Crippen molar-refractivity contribution in [3.05, 3.63) is 82.4 Å². The average molecular weight is 483 g/mol. The maximum Gasteiger partial charge on any atom is 0.203 e. The molecule has 0 spiro atoms. The van der Waals surface area contributed by atoms with Gasteiger partial charge in [-0.25, -0.2) is 0 Å². The van der Waals surface area contributed by atoms with Gasteiger partial charge in [-0.1, -0.05) is 41.9 Å². The van der Waals surface area contributed by atoms with E-state index in [1.54, 1.807) is 21.3 Å². The van der Waals surface area contributed by atoms with Crippen molar-refractivity contribution >= 4 is 11.6 Å². The number of hydrogen-bond acceptors (Lipinski definition) is 6. The number of nitrogens with zero attached hydrogens (tertiary/aromatic N) is 1. The zero-order valence-corrected chi connectivity index (χ0v) is 20.6. The molecule has 1 fully saturated rings. The summed E-state index contributed by atoms with van der Waals surface area (Å²) in [7, 11) is 4.98. The summed E-state index contributed by atoms with van der Waals surface area (Å²) in [4.78, 5) is 2.42. The van der Waals surface area contributed by atoms with Crippen molar-refractivity contribution in [2.45, 2.75) is 12.6 Å². The van der Waals surface area contributed by atoms with Gasteiger partial charge in [-0.3, -0.25) is 4.90 Å². The van der Waals surface area contributed by atoms with E-state index in [0.29, 0.717) is 28.9 Å². The maximum atomic E-state index is 6.43. The maximum absolute atomic E-state index is 6.43. The molecule has 3 aromatic rings. The van der Waals surface area contributed by atoms with Crippen LogP contribution in [0, 0.1) is 0 Å². The Labute approximate surface area is 206 Å². The first-order valence-corrected chi connectivity index (χ1v) is 11.7. The molecule has 3 aromatic carbocycles. The summed E-state index contributed by atoms with van der Waals surface area (Å²) in [6.07, 6.45) is 0. The molecule has 1 atom stereocenters. The molecule has 0 aliphatic carbocycles. The molecule has 0 bridgehead atoms. The molecule has 4 rings (SSSR count). The minimum Gasteiger partial charge on any atom is -0.496 e. The molecule has 6 nitrogen and oxygen atoms in total. The molecule has 1 aliphatic rings. The van der Waals surface area contributed by atoms with Crippen molar-refractivity contribution < 1.29 is 18.9 Å². The largest absolute Gasteiger partial charge is 0.496 e. The molecule has 0 aromatic heterocycles. The second-order valence-corrected chi connectivity index (χ2v) is 8.54. The van der Waals surface area contributed by atoms with Crippen molar-refractivity contribution in [3.8, 4) is 23.0 Å². The average Bonchev–Trinajstić information content (AvgIpc) is 2.89. The van der Waals surface area contributed by atoms with E-state index in [0.717, 1.165) is 48.6 Å². The number of rotatable bonds is 9. The molecule has 0 saturated carbocycles. The summed E-state index contributed by atoms with van der Waals surface area (Å²) in [5.74, 6) is 2.60. The van der Waals surface area contributed by atoms with Gasteiger partial charge in [0.15, 0.2) is 11.5 Å². The minimum absolute atomic E-state index is 0.0956. The zero-order valence-electron chi connectivity index (χ0n) is 19.8. The van der Waals surface area contributed by atoms with E-state index in [1.165, 1.54) is 0 Å².